The molecule has 2 atom stereocenters. The van der Waals surface area contributed by atoms with Gasteiger partial charge in [0.15, 0.2) is 0 Å². The van der Waals surface area contributed by atoms with Crippen molar-refractivity contribution in [2.45, 2.75) is 24.0 Å². The third-order valence-corrected chi connectivity index (χ3v) is 2.87. The maximum atomic E-state index is 14.4. The lowest BCUT2D eigenvalue weighted by atomic mass is 10.00. The van der Waals surface area contributed by atoms with E-state index in [1.54, 1.807) is 30.3 Å². The number of halogens is 2. The second kappa shape index (κ2) is 7.04. The van der Waals surface area contributed by atoms with Gasteiger partial charge < -0.3 is 10.5 Å². The maximum Gasteiger partial charge on any atom is 0.404 e. The normalized spacial score (nSPS) is 15.1. The van der Waals surface area contributed by atoms with Gasteiger partial charge in [0, 0.05) is 0 Å². The SMILES string of the molecule is NC(=O)OCC(Cl)CC(F)(Cc1ccccc1)[N+](=O)[O-]. The quantitative estimate of drug-likeness (QED) is 0.362. The molecule has 0 aliphatic rings. The number of amides is 1. The average Bonchev–Trinajstić information content (AvgIpc) is 2.37. The van der Waals surface area contributed by atoms with Gasteiger partial charge >= 0.3 is 11.9 Å². The zero-order valence-electron chi connectivity index (χ0n) is 10.5. The molecule has 0 heterocycles. The first-order valence-electron chi connectivity index (χ1n) is 5.77. The molecular weight excluding hydrogens is 291 g/mol. The van der Waals surface area contributed by atoms with Crippen molar-refractivity contribution in [2.75, 3.05) is 6.61 Å². The van der Waals surface area contributed by atoms with Crippen molar-refractivity contribution in [3.8, 4) is 0 Å². The number of alkyl halides is 2. The highest BCUT2D eigenvalue weighted by molar-refractivity contribution is 6.20. The van der Waals surface area contributed by atoms with Crippen LogP contribution in [0.3, 0.4) is 0 Å². The number of nitrogens with zero attached hydrogens (tertiary/aromatic N) is 1. The Morgan fingerprint density at radius 3 is 2.60 bits per heavy atom. The Balaban J connectivity index is 2.71. The van der Waals surface area contributed by atoms with E-state index in [-0.39, 0.29) is 6.61 Å². The van der Waals surface area contributed by atoms with Crippen LogP contribution >= 0.6 is 11.6 Å². The fourth-order valence-corrected chi connectivity index (χ4v) is 1.99. The van der Waals surface area contributed by atoms with Gasteiger partial charge in [-0.3, -0.25) is 10.1 Å². The molecule has 0 aliphatic carbocycles. The summed E-state index contributed by atoms with van der Waals surface area (Å²) >= 11 is 5.74. The number of nitro groups is 1. The van der Waals surface area contributed by atoms with E-state index in [1.165, 1.54) is 0 Å². The molecule has 20 heavy (non-hydrogen) atoms. The van der Waals surface area contributed by atoms with Crippen LogP contribution in [0.1, 0.15) is 12.0 Å². The molecule has 0 bridgehead atoms. The summed E-state index contributed by atoms with van der Waals surface area (Å²) in [5.74, 6) is -2.73. The number of primary amides is 1. The topological polar surface area (TPSA) is 95.5 Å². The Kier molecular flexibility index (Phi) is 5.69. The number of ether oxygens (including phenoxy) is 1. The smallest absolute Gasteiger partial charge is 0.404 e. The zero-order chi connectivity index (χ0) is 15.2. The van der Waals surface area contributed by atoms with Crippen molar-refractivity contribution in [2.24, 2.45) is 5.73 Å². The van der Waals surface area contributed by atoms with E-state index in [0.717, 1.165) is 0 Å². The molecule has 0 radical (unpaired) electrons. The summed E-state index contributed by atoms with van der Waals surface area (Å²) < 4.78 is 18.8. The molecule has 0 fully saturated rings. The van der Waals surface area contributed by atoms with Crippen LogP contribution in [0.2, 0.25) is 0 Å². The van der Waals surface area contributed by atoms with Crippen molar-refractivity contribution >= 4 is 17.7 Å². The van der Waals surface area contributed by atoms with Crippen LogP contribution in [0.15, 0.2) is 30.3 Å². The number of carbonyl (C=O) groups is 1. The van der Waals surface area contributed by atoms with E-state index in [1.807, 2.05) is 0 Å². The molecule has 1 aromatic carbocycles. The summed E-state index contributed by atoms with van der Waals surface area (Å²) in [6.07, 6.45) is -2.08. The lowest BCUT2D eigenvalue weighted by molar-refractivity contribution is -0.606. The first-order chi connectivity index (χ1) is 9.33. The summed E-state index contributed by atoms with van der Waals surface area (Å²) in [5, 5.41) is 9.90. The summed E-state index contributed by atoms with van der Waals surface area (Å²) in [4.78, 5) is 20.3. The summed E-state index contributed by atoms with van der Waals surface area (Å²) in [6.45, 7) is -0.384. The van der Waals surface area contributed by atoms with E-state index in [0.29, 0.717) is 5.56 Å². The van der Waals surface area contributed by atoms with Crippen LogP contribution in [0.4, 0.5) is 9.18 Å². The van der Waals surface area contributed by atoms with Crippen molar-refractivity contribution in [3.05, 3.63) is 46.0 Å². The number of benzene rings is 1. The highest BCUT2D eigenvalue weighted by Gasteiger charge is 2.45. The molecule has 0 saturated heterocycles. The molecule has 0 aromatic heterocycles. The molecule has 0 spiro atoms. The predicted octanol–water partition coefficient (Wildman–Crippen LogP) is 2.26. The highest BCUT2D eigenvalue weighted by atomic mass is 35.5. The van der Waals surface area contributed by atoms with Crippen LogP contribution < -0.4 is 5.73 Å². The Morgan fingerprint density at radius 2 is 2.10 bits per heavy atom. The molecule has 6 nitrogen and oxygen atoms in total. The van der Waals surface area contributed by atoms with Crippen LogP contribution in [0.25, 0.3) is 0 Å². The Labute approximate surface area is 119 Å². The zero-order valence-corrected chi connectivity index (χ0v) is 11.3. The van der Waals surface area contributed by atoms with Gasteiger partial charge in [-0.15, -0.1) is 11.6 Å². The molecule has 0 aliphatic heterocycles. The van der Waals surface area contributed by atoms with Crippen LogP contribution in [0.5, 0.6) is 0 Å². The predicted molar refractivity (Wildman–Crippen MR) is 70.8 cm³/mol. The lowest BCUT2D eigenvalue weighted by Gasteiger charge is -2.19. The van der Waals surface area contributed by atoms with Crippen molar-refractivity contribution < 1.29 is 18.8 Å². The Bertz CT molecular complexity index is 474. The fraction of sp³-hybridized carbons (Fsp3) is 0.417. The minimum Gasteiger partial charge on any atom is -0.448 e. The van der Waals surface area contributed by atoms with Crippen LogP contribution in [0, 0.1) is 10.1 Å². The van der Waals surface area contributed by atoms with Crippen molar-refractivity contribution in [3.63, 3.8) is 0 Å². The number of nitrogens with two attached hydrogens (primary N) is 1. The van der Waals surface area contributed by atoms with Gasteiger partial charge in [-0.05, 0) is 5.56 Å². The molecule has 2 unspecified atom stereocenters. The summed E-state index contributed by atoms with van der Waals surface area (Å²) in [6, 6.07) is 8.21. The molecular formula is C12H14ClFN2O4. The third-order valence-electron chi connectivity index (χ3n) is 2.59. The number of rotatable bonds is 7. The van der Waals surface area contributed by atoms with Gasteiger partial charge in [0.1, 0.15) is 6.61 Å². The highest BCUT2D eigenvalue weighted by Crippen LogP contribution is 2.26. The summed E-state index contributed by atoms with van der Waals surface area (Å²) in [5.41, 5.74) is 5.22. The molecule has 1 rings (SSSR count). The van der Waals surface area contributed by atoms with Gasteiger partial charge in [-0.2, -0.15) is 4.39 Å². The van der Waals surface area contributed by atoms with E-state index in [2.05, 4.69) is 4.74 Å². The van der Waals surface area contributed by atoms with Gasteiger partial charge in [0.25, 0.3) is 0 Å². The van der Waals surface area contributed by atoms with Gasteiger partial charge in [-0.25, -0.2) is 4.79 Å². The minimum absolute atomic E-state index is 0.384. The molecule has 8 heteroatoms. The van der Waals surface area contributed by atoms with Crippen molar-refractivity contribution in [1.29, 1.82) is 0 Å². The van der Waals surface area contributed by atoms with Gasteiger partial charge in [0.2, 0.25) is 0 Å². The number of hydrogen-bond acceptors (Lipinski definition) is 4. The average molecular weight is 305 g/mol. The Hall–Kier alpha value is -1.89. The second-order valence-corrected chi connectivity index (χ2v) is 4.89. The fourth-order valence-electron chi connectivity index (χ4n) is 1.69. The van der Waals surface area contributed by atoms with Crippen LogP contribution in [-0.4, -0.2) is 28.8 Å². The van der Waals surface area contributed by atoms with Crippen molar-refractivity contribution in [1.82, 2.24) is 0 Å². The number of carbonyl (C=O) groups excluding carboxylic acids is 1. The maximum absolute atomic E-state index is 14.4. The van der Waals surface area contributed by atoms with E-state index in [9.17, 15) is 19.3 Å². The van der Waals surface area contributed by atoms with Crippen LogP contribution in [-0.2, 0) is 11.2 Å². The molecule has 2 N–H and O–H groups in total. The monoisotopic (exact) mass is 304 g/mol. The molecule has 1 amide bonds. The standard InChI is InChI=1S/C12H14ClFN2O4/c13-10(8-20-11(15)17)7-12(14,16(18)19)6-9-4-2-1-3-5-9/h1-5,10H,6-8H2,(H2,15,17). The van der Waals surface area contributed by atoms with Gasteiger partial charge in [0.05, 0.1) is 23.1 Å². The van der Waals surface area contributed by atoms with E-state index >= 15 is 0 Å². The van der Waals surface area contributed by atoms with Gasteiger partial charge in [-0.1, -0.05) is 30.3 Å². The molecule has 0 saturated carbocycles. The summed E-state index contributed by atoms with van der Waals surface area (Å²) in [7, 11) is 0. The second-order valence-electron chi connectivity index (χ2n) is 4.27. The Morgan fingerprint density at radius 1 is 1.50 bits per heavy atom. The lowest BCUT2D eigenvalue weighted by Crippen LogP contribution is -2.39. The third kappa shape index (κ3) is 5.00. The molecule has 1 aromatic rings. The number of hydrogen-bond donors (Lipinski definition) is 1. The molecule has 110 valence electrons. The van der Waals surface area contributed by atoms with E-state index in [4.69, 9.17) is 17.3 Å². The minimum atomic E-state index is -2.73. The largest absolute Gasteiger partial charge is 0.448 e. The first kappa shape index (κ1) is 16.2. The first-order valence-corrected chi connectivity index (χ1v) is 6.21. The van der Waals surface area contributed by atoms with E-state index < -0.39 is 35.0 Å².